The number of benzene rings is 1. The maximum atomic E-state index is 13.3. The van der Waals surface area contributed by atoms with Crippen LogP contribution in [-0.2, 0) is 5.41 Å². The fourth-order valence-corrected chi connectivity index (χ4v) is 1.40. The number of fused-ring (bicyclic) bond motifs is 1. The first-order valence-corrected chi connectivity index (χ1v) is 4.67. The summed E-state index contributed by atoms with van der Waals surface area (Å²) >= 11 is 0. The normalized spacial score (nSPS) is 12.3. The molecule has 14 heavy (non-hydrogen) atoms. The van der Waals surface area contributed by atoms with E-state index in [1.54, 1.807) is 6.07 Å². The zero-order valence-corrected chi connectivity index (χ0v) is 8.60. The topological polar surface area (TPSA) is 13.1 Å². The molecule has 0 N–H and O–H groups in total. The Morgan fingerprint density at radius 3 is 2.50 bits per heavy atom. The second-order valence-corrected chi connectivity index (χ2v) is 4.52. The van der Waals surface area contributed by atoms with Crippen molar-refractivity contribution in [2.75, 3.05) is 0 Å². The van der Waals surface area contributed by atoms with Crippen molar-refractivity contribution in [3.05, 3.63) is 35.8 Å². The molecule has 0 radical (unpaired) electrons. The highest BCUT2D eigenvalue weighted by molar-refractivity contribution is 5.78. The standard InChI is InChI=1S/C12H13FO/c1-12(2,3)10-7-8-5-4-6-9(13)11(8)14-10/h4-7H,1-3H3. The largest absolute Gasteiger partial charge is 0.457 e. The third-order valence-electron chi connectivity index (χ3n) is 2.24. The molecule has 0 saturated heterocycles. The molecule has 0 bridgehead atoms. The molecule has 0 aliphatic rings. The quantitative estimate of drug-likeness (QED) is 0.617. The molecule has 2 aromatic rings. The smallest absolute Gasteiger partial charge is 0.169 e. The van der Waals surface area contributed by atoms with Gasteiger partial charge >= 0.3 is 0 Å². The number of hydrogen-bond acceptors (Lipinski definition) is 1. The molecule has 2 heteroatoms. The average Bonchev–Trinajstić information content (AvgIpc) is 2.48. The van der Waals surface area contributed by atoms with E-state index in [0.29, 0.717) is 5.58 Å². The van der Waals surface area contributed by atoms with Crippen molar-refractivity contribution >= 4 is 11.0 Å². The van der Waals surface area contributed by atoms with Crippen molar-refractivity contribution in [3.8, 4) is 0 Å². The maximum absolute atomic E-state index is 13.3. The molecule has 2 rings (SSSR count). The van der Waals surface area contributed by atoms with Gasteiger partial charge in [0.2, 0.25) is 0 Å². The van der Waals surface area contributed by atoms with Gasteiger partial charge in [-0.05, 0) is 12.1 Å². The first-order valence-electron chi connectivity index (χ1n) is 4.67. The molecule has 0 unspecified atom stereocenters. The van der Waals surface area contributed by atoms with Crippen LogP contribution in [0.4, 0.5) is 4.39 Å². The fraction of sp³-hybridized carbons (Fsp3) is 0.333. The molecule has 0 fully saturated rings. The van der Waals surface area contributed by atoms with Crippen molar-refractivity contribution in [3.63, 3.8) is 0 Å². The van der Waals surface area contributed by atoms with Gasteiger partial charge < -0.3 is 4.42 Å². The summed E-state index contributed by atoms with van der Waals surface area (Å²) in [5, 5.41) is 0.829. The molecular formula is C12H13FO. The van der Waals surface area contributed by atoms with Crippen LogP contribution in [0, 0.1) is 5.82 Å². The molecule has 0 aliphatic heterocycles. The van der Waals surface area contributed by atoms with Crippen LogP contribution < -0.4 is 0 Å². The molecule has 1 aromatic carbocycles. The minimum absolute atomic E-state index is 0.0779. The van der Waals surface area contributed by atoms with Gasteiger partial charge in [0.05, 0.1) is 0 Å². The number of furan rings is 1. The van der Waals surface area contributed by atoms with E-state index in [9.17, 15) is 4.39 Å². The highest BCUT2D eigenvalue weighted by Gasteiger charge is 2.19. The van der Waals surface area contributed by atoms with Crippen LogP contribution in [0.25, 0.3) is 11.0 Å². The van der Waals surface area contributed by atoms with Gasteiger partial charge in [-0.2, -0.15) is 0 Å². The summed E-state index contributed by atoms with van der Waals surface area (Å²) in [5.41, 5.74) is 0.281. The molecule has 1 nitrogen and oxygen atoms in total. The van der Waals surface area contributed by atoms with Crippen LogP contribution >= 0.6 is 0 Å². The number of hydrogen-bond donors (Lipinski definition) is 0. The summed E-state index contributed by atoms with van der Waals surface area (Å²) in [6, 6.07) is 6.87. The molecule has 0 atom stereocenters. The second-order valence-electron chi connectivity index (χ2n) is 4.52. The van der Waals surface area contributed by atoms with E-state index in [4.69, 9.17) is 4.42 Å². The summed E-state index contributed by atoms with van der Waals surface area (Å²) in [6.07, 6.45) is 0. The van der Waals surface area contributed by atoms with Gasteiger partial charge in [-0.3, -0.25) is 0 Å². The first-order chi connectivity index (χ1) is 6.48. The van der Waals surface area contributed by atoms with Gasteiger partial charge in [-0.15, -0.1) is 0 Å². The minimum atomic E-state index is -0.294. The molecule has 0 saturated carbocycles. The lowest BCUT2D eigenvalue weighted by Crippen LogP contribution is -2.08. The van der Waals surface area contributed by atoms with Gasteiger partial charge in [-0.25, -0.2) is 4.39 Å². The molecule has 1 aromatic heterocycles. The summed E-state index contributed by atoms with van der Waals surface area (Å²) in [6.45, 7) is 6.13. The monoisotopic (exact) mass is 192 g/mol. The number of para-hydroxylation sites is 1. The van der Waals surface area contributed by atoms with Gasteiger partial charge in [0, 0.05) is 10.8 Å². The van der Waals surface area contributed by atoms with Crippen molar-refractivity contribution < 1.29 is 8.81 Å². The zero-order valence-electron chi connectivity index (χ0n) is 8.60. The van der Waals surface area contributed by atoms with Crippen molar-refractivity contribution in [2.45, 2.75) is 26.2 Å². The lowest BCUT2D eigenvalue weighted by atomic mass is 9.93. The molecule has 0 spiro atoms. The molecular weight excluding hydrogens is 179 g/mol. The highest BCUT2D eigenvalue weighted by Crippen LogP contribution is 2.29. The van der Waals surface area contributed by atoms with E-state index in [-0.39, 0.29) is 11.2 Å². The van der Waals surface area contributed by atoms with E-state index >= 15 is 0 Å². The lowest BCUT2D eigenvalue weighted by Gasteiger charge is -2.13. The Balaban J connectivity index is 2.69. The Morgan fingerprint density at radius 2 is 1.93 bits per heavy atom. The van der Waals surface area contributed by atoms with Gasteiger partial charge in [-0.1, -0.05) is 32.9 Å². The molecule has 0 amide bonds. The van der Waals surface area contributed by atoms with Gasteiger partial charge in [0.25, 0.3) is 0 Å². The lowest BCUT2D eigenvalue weighted by molar-refractivity contribution is 0.422. The Kier molecular flexibility index (Phi) is 1.88. The number of halogens is 1. The molecule has 74 valence electrons. The third-order valence-corrected chi connectivity index (χ3v) is 2.24. The second kappa shape index (κ2) is 2.84. The predicted molar refractivity (Wildman–Crippen MR) is 54.9 cm³/mol. The van der Waals surface area contributed by atoms with Crippen molar-refractivity contribution in [2.24, 2.45) is 0 Å². The Bertz CT molecular complexity index is 463. The molecule has 0 aliphatic carbocycles. The Hall–Kier alpha value is -1.31. The van der Waals surface area contributed by atoms with Crippen molar-refractivity contribution in [1.82, 2.24) is 0 Å². The Morgan fingerprint density at radius 1 is 1.21 bits per heavy atom. The fourth-order valence-electron chi connectivity index (χ4n) is 1.40. The van der Waals surface area contributed by atoms with Crippen molar-refractivity contribution in [1.29, 1.82) is 0 Å². The van der Waals surface area contributed by atoms with Crippen LogP contribution in [0.3, 0.4) is 0 Å². The predicted octanol–water partition coefficient (Wildman–Crippen LogP) is 3.87. The SMILES string of the molecule is CC(C)(C)c1cc2cccc(F)c2o1. The van der Waals surface area contributed by atoms with Gasteiger partial charge in [0.1, 0.15) is 5.76 Å². The van der Waals surface area contributed by atoms with Crippen LogP contribution in [0.2, 0.25) is 0 Å². The minimum Gasteiger partial charge on any atom is -0.457 e. The maximum Gasteiger partial charge on any atom is 0.169 e. The van der Waals surface area contributed by atoms with Crippen LogP contribution in [0.1, 0.15) is 26.5 Å². The third kappa shape index (κ3) is 1.41. The van der Waals surface area contributed by atoms with E-state index in [0.717, 1.165) is 11.1 Å². The zero-order chi connectivity index (χ0) is 10.3. The van der Waals surface area contributed by atoms with E-state index in [1.165, 1.54) is 6.07 Å². The summed E-state index contributed by atoms with van der Waals surface area (Å²) < 4.78 is 18.8. The van der Waals surface area contributed by atoms with Crippen LogP contribution in [0.15, 0.2) is 28.7 Å². The van der Waals surface area contributed by atoms with E-state index in [2.05, 4.69) is 0 Å². The summed E-state index contributed by atoms with van der Waals surface area (Å²) in [5.74, 6) is 0.524. The van der Waals surface area contributed by atoms with E-state index in [1.807, 2.05) is 32.9 Å². The van der Waals surface area contributed by atoms with Crippen LogP contribution in [0.5, 0.6) is 0 Å². The van der Waals surface area contributed by atoms with Crippen LogP contribution in [-0.4, -0.2) is 0 Å². The molecule has 1 heterocycles. The summed E-state index contributed by atoms with van der Waals surface area (Å²) in [4.78, 5) is 0. The Labute approximate surface area is 82.5 Å². The first kappa shape index (κ1) is 9.25. The number of rotatable bonds is 0. The highest BCUT2D eigenvalue weighted by atomic mass is 19.1. The average molecular weight is 192 g/mol. The van der Waals surface area contributed by atoms with E-state index < -0.39 is 0 Å². The van der Waals surface area contributed by atoms with Gasteiger partial charge in [0.15, 0.2) is 11.4 Å². The summed E-state index contributed by atoms with van der Waals surface area (Å²) in [7, 11) is 0.